The molecule has 2 atom stereocenters. The number of nitrogens with zero attached hydrogens (tertiary/aromatic N) is 1. The fourth-order valence-corrected chi connectivity index (χ4v) is 1.82. The molecule has 0 radical (unpaired) electrons. The molecule has 104 valence electrons. The van der Waals surface area contributed by atoms with Gasteiger partial charge in [-0.15, -0.1) is 0 Å². The zero-order valence-electron chi connectivity index (χ0n) is 11.7. The maximum Gasteiger partial charge on any atom is 0.240 e. The van der Waals surface area contributed by atoms with Crippen molar-refractivity contribution >= 4 is 12.2 Å². The van der Waals surface area contributed by atoms with Crippen molar-refractivity contribution in [2.45, 2.75) is 32.4 Å². The first-order chi connectivity index (χ1) is 8.97. The average molecular weight is 262 g/mol. The van der Waals surface area contributed by atoms with Crippen LogP contribution in [0.2, 0.25) is 0 Å². The van der Waals surface area contributed by atoms with Gasteiger partial charge >= 0.3 is 0 Å². The molecule has 0 heterocycles. The van der Waals surface area contributed by atoms with E-state index in [4.69, 9.17) is 5.73 Å². The lowest BCUT2D eigenvalue weighted by Gasteiger charge is -2.28. The van der Waals surface area contributed by atoms with Crippen LogP contribution in [0, 0.1) is 5.92 Å². The fourth-order valence-electron chi connectivity index (χ4n) is 1.82. The second-order valence-electron chi connectivity index (χ2n) is 5.11. The number of aldehydes is 1. The number of hydrogen-bond donors (Lipinski definition) is 1. The van der Waals surface area contributed by atoms with Gasteiger partial charge in [0.1, 0.15) is 6.29 Å². The van der Waals surface area contributed by atoms with E-state index in [-0.39, 0.29) is 11.8 Å². The molecule has 0 bridgehead atoms. The molecule has 1 aromatic rings. The summed E-state index contributed by atoms with van der Waals surface area (Å²) >= 11 is 0. The molecule has 0 unspecified atom stereocenters. The summed E-state index contributed by atoms with van der Waals surface area (Å²) in [5.74, 6) is -0.137. The van der Waals surface area contributed by atoms with E-state index in [9.17, 15) is 9.59 Å². The summed E-state index contributed by atoms with van der Waals surface area (Å²) in [5, 5.41) is 0. The molecular weight excluding hydrogens is 240 g/mol. The minimum absolute atomic E-state index is 0.0546. The van der Waals surface area contributed by atoms with Gasteiger partial charge in [-0.3, -0.25) is 4.79 Å². The second-order valence-corrected chi connectivity index (χ2v) is 5.11. The number of carbonyl (C=O) groups excluding carboxylic acids is 2. The Hall–Kier alpha value is -1.68. The van der Waals surface area contributed by atoms with Crippen molar-refractivity contribution in [2.24, 2.45) is 11.7 Å². The monoisotopic (exact) mass is 262 g/mol. The quantitative estimate of drug-likeness (QED) is 0.784. The standard InChI is InChI=1S/C15H22N2O2/c1-11(2)14(16)15(19)17(3)13(10-18)9-12-7-5-4-6-8-12/h4-8,10-11,13-14H,9,16H2,1-3H3/t13-,14-/m0/s1. The van der Waals surface area contributed by atoms with E-state index < -0.39 is 12.1 Å². The summed E-state index contributed by atoms with van der Waals surface area (Å²) in [5.41, 5.74) is 6.87. The van der Waals surface area contributed by atoms with E-state index >= 15 is 0 Å². The van der Waals surface area contributed by atoms with Gasteiger partial charge in [-0.1, -0.05) is 44.2 Å². The maximum absolute atomic E-state index is 12.1. The molecule has 4 nitrogen and oxygen atoms in total. The van der Waals surface area contributed by atoms with Crippen LogP contribution in [0.15, 0.2) is 30.3 Å². The zero-order chi connectivity index (χ0) is 14.4. The van der Waals surface area contributed by atoms with Crippen LogP contribution in [0.4, 0.5) is 0 Å². The molecule has 0 aliphatic heterocycles. The highest BCUT2D eigenvalue weighted by Crippen LogP contribution is 2.09. The van der Waals surface area contributed by atoms with E-state index in [2.05, 4.69) is 0 Å². The van der Waals surface area contributed by atoms with Crippen LogP contribution >= 0.6 is 0 Å². The van der Waals surface area contributed by atoms with Crippen LogP contribution in [0.3, 0.4) is 0 Å². The number of amides is 1. The molecular formula is C15H22N2O2. The summed E-state index contributed by atoms with van der Waals surface area (Å²) in [6.07, 6.45) is 1.31. The summed E-state index contributed by atoms with van der Waals surface area (Å²) in [7, 11) is 1.63. The lowest BCUT2D eigenvalue weighted by atomic mass is 10.0. The van der Waals surface area contributed by atoms with Crippen molar-refractivity contribution in [2.75, 3.05) is 7.05 Å². The molecule has 4 heteroatoms. The normalized spacial score (nSPS) is 13.9. The van der Waals surface area contributed by atoms with Gasteiger partial charge in [0, 0.05) is 7.05 Å². The van der Waals surface area contributed by atoms with E-state index in [0.29, 0.717) is 6.42 Å². The molecule has 19 heavy (non-hydrogen) atoms. The minimum Gasteiger partial charge on any atom is -0.334 e. The Kier molecular flexibility index (Phi) is 5.70. The van der Waals surface area contributed by atoms with Crippen LogP contribution in [-0.4, -0.2) is 36.2 Å². The largest absolute Gasteiger partial charge is 0.334 e. The Labute approximate surface area is 114 Å². The Morgan fingerprint density at radius 2 is 1.89 bits per heavy atom. The Bertz CT molecular complexity index is 417. The third-order valence-corrected chi connectivity index (χ3v) is 3.29. The number of nitrogens with two attached hydrogens (primary N) is 1. The van der Waals surface area contributed by atoms with Gasteiger partial charge in [-0.25, -0.2) is 0 Å². The highest BCUT2D eigenvalue weighted by atomic mass is 16.2. The molecule has 0 fully saturated rings. The molecule has 1 amide bonds. The highest BCUT2D eigenvalue weighted by Gasteiger charge is 2.26. The topological polar surface area (TPSA) is 63.4 Å². The summed E-state index contributed by atoms with van der Waals surface area (Å²) in [4.78, 5) is 24.8. The second kappa shape index (κ2) is 7.04. The van der Waals surface area contributed by atoms with Crippen molar-refractivity contribution in [1.29, 1.82) is 0 Å². The molecule has 1 aromatic carbocycles. The number of likely N-dealkylation sites (N-methyl/N-ethyl adjacent to an activating group) is 1. The third kappa shape index (κ3) is 4.17. The molecule has 0 spiro atoms. The number of hydrogen-bond acceptors (Lipinski definition) is 3. The van der Waals surface area contributed by atoms with E-state index in [1.54, 1.807) is 7.05 Å². The minimum atomic E-state index is -0.566. The van der Waals surface area contributed by atoms with Crippen molar-refractivity contribution in [3.63, 3.8) is 0 Å². The fraction of sp³-hybridized carbons (Fsp3) is 0.467. The summed E-state index contributed by atoms with van der Waals surface area (Å²) < 4.78 is 0. The predicted octanol–water partition coefficient (Wildman–Crippen LogP) is 1.24. The van der Waals surface area contributed by atoms with Gasteiger partial charge in [0.25, 0.3) is 0 Å². The predicted molar refractivity (Wildman–Crippen MR) is 75.6 cm³/mol. The summed E-state index contributed by atoms with van der Waals surface area (Å²) in [6.45, 7) is 3.78. The van der Waals surface area contributed by atoms with Crippen LogP contribution < -0.4 is 5.73 Å². The number of rotatable bonds is 6. The van der Waals surface area contributed by atoms with Crippen LogP contribution in [0.5, 0.6) is 0 Å². The van der Waals surface area contributed by atoms with E-state index in [1.165, 1.54) is 4.90 Å². The average Bonchev–Trinajstić information content (AvgIpc) is 2.43. The maximum atomic E-state index is 12.1. The Morgan fingerprint density at radius 3 is 2.37 bits per heavy atom. The van der Waals surface area contributed by atoms with Crippen molar-refractivity contribution in [3.05, 3.63) is 35.9 Å². The first-order valence-electron chi connectivity index (χ1n) is 6.48. The third-order valence-electron chi connectivity index (χ3n) is 3.29. The van der Waals surface area contributed by atoms with Gasteiger partial charge in [-0.05, 0) is 17.9 Å². The van der Waals surface area contributed by atoms with Crippen LogP contribution in [0.1, 0.15) is 19.4 Å². The molecule has 2 N–H and O–H groups in total. The highest BCUT2D eigenvalue weighted by molar-refractivity contribution is 5.84. The van der Waals surface area contributed by atoms with Crippen LogP contribution in [-0.2, 0) is 16.0 Å². The van der Waals surface area contributed by atoms with Crippen molar-refractivity contribution in [3.8, 4) is 0 Å². The zero-order valence-corrected chi connectivity index (χ0v) is 11.7. The summed E-state index contributed by atoms with van der Waals surface area (Å²) in [6, 6.07) is 8.60. The molecule has 0 aliphatic rings. The Balaban J connectivity index is 2.74. The van der Waals surface area contributed by atoms with Crippen molar-refractivity contribution < 1.29 is 9.59 Å². The van der Waals surface area contributed by atoms with Crippen molar-refractivity contribution in [1.82, 2.24) is 4.90 Å². The van der Waals surface area contributed by atoms with E-state index in [0.717, 1.165) is 11.8 Å². The van der Waals surface area contributed by atoms with Gasteiger partial charge in [0.15, 0.2) is 0 Å². The van der Waals surface area contributed by atoms with E-state index in [1.807, 2.05) is 44.2 Å². The smallest absolute Gasteiger partial charge is 0.240 e. The SMILES string of the molecule is CC(C)[C@H](N)C(=O)N(C)[C@H](C=O)Cc1ccccc1. The first-order valence-corrected chi connectivity index (χ1v) is 6.48. The lowest BCUT2D eigenvalue weighted by Crippen LogP contribution is -2.49. The Morgan fingerprint density at radius 1 is 1.32 bits per heavy atom. The van der Waals surface area contributed by atoms with Gasteiger partial charge in [0.05, 0.1) is 12.1 Å². The molecule has 0 saturated carbocycles. The number of carbonyl (C=O) groups is 2. The van der Waals surface area contributed by atoms with Crippen LogP contribution in [0.25, 0.3) is 0 Å². The molecule has 0 saturated heterocycles. The molecule has 0 aromatic heterocycles. The molecule has 1 rings (SSSR count). The van der Waals surface area contributed by atoms with Gasteiger partial charge in [-0.2, -0.15) is 0 Å². The van der Waals surface area contributed by atoms with Gasteiger partial charge in [0.2, 0.25) is 5.91 Å². The number of benzene rings is 1. The molecule has 0 aliphatic carbocycles. The van der Waals surface area contributed by atoms with Gasteiger partial charge < -0.3 is 15.4 Å². The first kappa shape index (κ1) is 15.4. The lowest BCUT2D eigenvalue weighted by molar-refractivity contribution is -0.136.